The lowest BCUT2D eigenvalue weighted by molar-refractivity contribution is 0.663. The predicted octanol–water partition coefficient (Wildman–Crippen LogP) is 3.38. The first-order valence-electron chi connectivity index (χ1n) is 3.24. The fraction of sp³-hybridized carbons (Fsp3) is 0.333. The highest BCUT2D eigenvalue weighted by Gasteiger charge is 1.90. The first-order valence-corrected chi connectivity index (χ1v) is 3.24. The maximum Gasteiger partial charge on any atom is 0.119 e. The van der Waals surface area contributed by atoms with Crippen molar-refractivity contribution in [2.45, 2.75) is 20.8 Å². The Kier molecular flexibility index (Phi) is 3.70. The first kappa shape index (κ1) is 9.15. The number of allylic oxidation sites excluding steroid dienone is 5. The highest BCUT2D eigenvalue weighted by Crippen LogP contribution is 2.09. The summed E-state index contributed by atoms with van der Waals surface area (Å²) in [5.74, 6) is -0.208. The average Bonchev–Trinajstić information content (AvgIpc) is 1.87. The summed E-state index contributed by atoms with van der Waals surface area (Å²) in [6.45, 7) is 9.04. The monoisotopic (exact) mass is 140 g/mol. The molecular weight excluding hydrogens is 127 g/mol. The van der Waals surface area contributed by atoms with Crippen LogP contribution >= 0.6 is 0 Å². The molecule has 0 unspecified atom stereocenters. The molecule has 0 rings (SSSR count). The molecule has 0 radical (unpaired) electrons. The van der Waals surface area contributed by atoms with Gasteiger partial charge in [0.2, 0.25) is 0 Å². The van der Waals surface area contributed by atoms with Crippen LogP contribution in [0.5, 0.6) is 0 Å². The van der Waals surface area contributed by atoms with Crippen LogP contribution in [0.15, 0.2) is 35.7 Å². The van der Waals surface area contributed by atoms with Gasteiger partial charge in [0.1, 0.15) is 5.83 Å². The molecule has 56 valence electrons. The minimum Gasteiger partial charge on any atom is -0.207 e. The van der Waals surface area contributed by atoms with Gasteiger partial charge in [-0.15, -0.1) is 0 Å². The van der Waals surface area contributed by atoms with Gasteiger partial charge < -0.3 is 0 Å². The van der Waals surface area contributed by atoms with Crippen LogP contribution in [0, 0.1) is 0 Å². The van der Waals surface area contributed by atoms with E-state index in [-0.39, 0.29) is 5.83 Å². The van der Waals surface area contributed by atoms with Gasteiger partial charge >= 0.3 is 0 Å². The number of hydrogen-bond acceptors (Lipinski definition) is 0. The first-order chi connectivity index (χ1) is 4.57. The molecule has 0 aromatic rings. The maximum atomic E-state index is 12.5. The topological polar surface area (TPSA) is 0 Å². The van der Waals surface area contributed by atoms with Crippen molar-refractivity contribution in [1.29, 1.82) is 0 Å². The molecular formula is C9H13F. The van der Waals surface area contributed by atoms with E-state index in [9.17, 15) is 4.39 Å². The van der Waals surface area contributed by atoms with E-state index in [2.05, 4.69) is 6.58 Å². The Morgan fingerprint density at radius 2 is 1.90 bits per heavy atom. The summed E-state index contributed by atoms with van der Waals surface area (Å²) in [6.07, 6.45) is 2.90. The molecule has 0 saturated heterocycles. The van der Waals surface area contributed by atoms with E-state index in [0.29, 0.717) is 0 Å². The lowest BCUT2D eigenvalue weighted by Crippen LogP contribution is -1.76. The fourth-order valence-electron chi connectivity index (χ4n) is 0.413. The zero-order chi connectivity index (χ0) is 8.15. The highest BCUT2D eigenvalue weighted by molar-refractivity contribution is 5.29. The van der Waals surface area contributed by atoms with Crippen LogP contribution in [0.25, 0.3) is 0 Å². The summed E-state index contributed by atoms with van der Waals surface area (Å²) in [4.78, 5) is 0. The Labute approximate surface area is 61.8 Å². The summed E-state index contributed by atoms with van der Waals surface area (Å²) in [7, 11) is 0. The van der Waals surface area contributed by atoms with Crippen LogP contribution in [0.2, 0.25) is 0 Å². The van der Waals surface area contributed by atoms with Crippen molar-refractivity contribution in [3.8, 4) is 0 Å². The second-order valence-corrected chi connectivity index (χ2v) is 2.28. The molecule has 0 aliphatic carbocycles. The lowest BCUT2D eigenvalue weighted by atomic mass is 10.1. The Morgan fingerprint density at radius 1 is 1.40 bits per heavy atom. The second-order valence-electron chi connectivity index (χ2n) is 2.28. The summed E-state index contributed by atoms with van der Waals surface area (Å²) in [5, 5.41) is 0. The molecule has 10 heavy (non-hydrogen) atoms. The molecule has 0 aromatic carbocycles. The van der Waals surface area contributed by atoms with Crippen molar-refractivity contribution in [2.75, 3.05) is 0 Å². The van der Waals surface area contributed by atoms with E-state index < -0.39 is 0 Å². The molecule has 0 heterocycles. The van der Waals surface area contributed by atoms with Crippen molar-refractivity contribution in [3.63, 3.8) is 0 Å². The quantitative estimate of drug-likeness (QED) is 0.516. The van der Waals surface area contributed by atoms with Crippen molar-refractivity contribution < 1.29 is 4.39 Å². The van der Waals surface area contributed by atoms with Crippen LogP contribution in [-0.4, -0.2) is 0 Å². The van der Waals surface area contributed by atoms with Gasteiger partial charge in [-0.3, -0.25) is 0 Å². The van der Waals surface area contributed by atoms with Crippen molar-refractivity contribution in [3.05, 3.63) is 35.7 Å². The van der Waals surface area contributed by atoms with Crippen LogP contribution in [0.4, 0.5) is 4.39 Å². The molecule has 0 N–H and O–H groups in total. The minimum absolute atomic E-state index is 0.208. The third-order valence-electron chi connectivity index (χ3n) is 1.30. The predicted molar refractivity (Wildman–Crippen MR) is 43.4 cm³/mol. The van der Waals surface area contributed by atoms with Gasteiger partial charge in [-0.05, 0) is 32.4 Å². The van der Waals surface area contributed by atoms with Crippen molar-refractivity contribution >= 4 is 0 Å². The van der Waals surface area contributed by atoms with E-state index in [1.807, 2.05) is 13.8 Å². The van der Waals surface area contributed by atoms with Gasteiger partial charge in [0.05, 0.1) is 0 Å². The largest absolute Gasteiger partial charge is 0.207 e. The summed E-state index contributed by atoms with van der Waals surface area (Å²) in [5.41, 5.74) is 1.78. The third-order valence-corrected chi connectivity index (χ3v) is 1.30. The van der Waals surface area contributed by atoms with Crippen molar-refractivity contribution in [1.82, 2.24) is 0 Å². The Morgan fingerprint density at radius 3 is 2.20 bits per heavy atom. The van der Waals surface area contributed by atoms with Gasteiger partial charge in [0, 0.05) is 0 Å². The molecule has 0 bridgehead atoms. The van der Waals surface area contributed by atoms with E-state index in [1.54, 1.807) is 6.92 Å². The number of rotatable bonds is 2. The molecule has 0 amide bonds. The maximum absolute atomic E-state index is 12.5. The molecule has 0 atom stereocenters. The SMILES string of the molecule is C=C(C)/C(C)=C\C(F)=C/C. The number of hydrogen-bond donors (Lipinski definition) is 0. The Hall–Kier alpha value is -0.850. The van der Waals surface area contributed by atoms with Crippen LogP contribution in [-0.2, 0) is 0 Å². The fourth-order valence-corrected chi connectivity index (χ4v) is 0.413. The zero-order valence-electron chi connectivity index (χ0n) is 6.74. The lowest BCUT2D eigenvalue weighted by Gasteiger charge is -1.95. The molecule has 0 fully saturated rings. The molecule has 0 nitrogen and oxygen atoms in total. The van der Waals surface area contributed by atoms with Gasteiger partial charge in [-0.1, -0.05) is 18.2 Å². The third kappa shape index (κ3) is 3.23. The highest BCUT2D eigenvalue weighted by atomic mass is 19.1. The van der Waals surface area contributed by atoms with Crippen LogP contribution < -0.4 is 0 Å². The second kappa shape index (κ2) is 4.04. The van der Waals surface area contributed by atoms with E-state index >= 15 is 0 Å². The normalized spacial score (nSPS) is 13.6. The molecule has 0 aliphatic heterocycles. The minimum atomic E-state index is -0.208. The molecule has 0 aromatic heterocycles. The average molecular weight is 140 g/mol. The zero-order valence-corrected chi connectivity index (χ0v) is 6.74. The van der Waals surface area contributed by atoms with E-state index in [4.69, 9.17) is 0 Å². The summed E-state index contributed by atoms with van der Waals surface area (Å²) < 4.78 is 12.5. The molecule has 0 saturated carbocycles. The van der Waals surface area contributed by atoms with Crippen molar-refractivity contribution in [2.24, 2.45) is 0 Å². The molecule has 1 heteroatoms. The van der Waals surface area contributed by atoms with Gasteiger partial charge in [-0.2, -0.15) is 0 Å². The van der Waals surface area contributed by atoms with Gasteiger partial charge in [0.15, 0.2) is 0 Å². The Balaban J connectivity index is 4.31. The van der Waals surface area contributed by atoms with Crippen LogP contribution in [0.3, 0.4) is 0 Å². The summed E-state index contributed by atoms with van der Waals surface area (Å²) in [6, 6.07) is 0. The van der Waals surface area contributed by atoms with Gasteiger partial charge in [-0.25, -0.2) is 4.39 Å². The van der Waals surface area contributed by atoms with E-state index in [0.717, 1.165) is 11.1 Å². The van der Waals surface area contributed by atoms with Gasteiger partial charge in [0.25, 0.3) is 0 Å². The molecule has 0 aliphatic rings. The smallest absolute Gasteiger partial charge is 0.119 e. The van der Waals surface area contributed by atoms with Crippen LogP contribution in [0.1, 0.15) is 20.8 Å². The standard InChI is InChI=1S/C9H13F/c1-5-9(10)6-8(4)7(2)3/h5-6H,2H2,1,3-4H3/b8-6-,9-5+. The Bertz CT molecular complexity index is 185. The molecule has 0 spiro atoms. The number of halogens is 1. The summed E-state index contributed by atoms with van der Waals surface area (Å²) >= 11 is 0. The van der Waals surface area contributed by atoms with E-state index in [1.165, 1.54) is 12.2 Å².